The van der Waals surface area contributed by atoms with Crippen LogP contribution in [0.5, 0.6) is 0 Å². The second-order valence-electron chi connectivity index (χ2n) is 7.29. The van der Waals surface area contributed by atoms with Gasteiger partial charge in [-0.1, -0.05) is 72.3 Å². The molecule has 4 rings (SSSR count). The summed E-state index contributed by atoms with van der Waals surface area (Å²) in [6.45, 7) is 4.15. The SMILES string of the molecule is CC(C)OC1=C[C@@H](c2ccccc2)N(c2ccc(Cl)cc2)[C@@H]1c1ccccc1. The molecule has 1 aliphatic heterocycles. The maximum absolute atomic E-state index is 6.30. The van der Waals surface area contributed by atoms with Crippen molar-refractivity contribution < 1.29 is 4.74 Å². The molecule has 2 atom stereocenters. The molecular weight excluding hydrogens is 366 g/mol. The minimum absolute atomic E-state index is 0.00924. The van der Waals surface area contributed by atoms with Gasteiger partial charge in [-0.3, -0.25) is 0 Å². The Kier molecular flexibility index (Phi) is 5.40. The summed E-state index contributed by atoms with van der Waals surface area (Å²) in [6, 6.07) is 29.3. The van der Waals surface area contributed by atoms with Crippen molar-refractivity contribution >= 4 is 17.3 Å². The van der Waals surface area contributed by atoms with E-state index in [4.69, 9.17) is 16.3 Å². The maximum Gasteiger partial charge on any atom is 0.122 e. The summed E-state index contributed by atoms with van der Waals surface area (Å²) in [5, 5.41) is 0.738. The van der Waals surface area contributed by atoms with Crippen molar-refractivity contribution in [2.45, 2.75) is 32.0 Å². The van der Waals surface area contributed by atoms with Crippen molar-refractivity contribution in [3.8, 4) is 0 Å². The monoisotopic (exact) mass is 389 g/mol. The average molecular weight is 390 g/mol. The molecule has 3 aromatic carbocycles. The Morgan fingerprint density at radius 2 is 1.36 bits per heavy atom. The smallest absolute Gasteiger partial charge is 0.122 e. The van der Waals surface area contributed by atoms with Gasteiger partial charge < -0.3 is 9.64 Å². The van der Waals surface area contributed by atoms with E-state index in [9.17, 15) is 0 Å². The molecule has 2 nitrogen and oxygen atoms in total. The lowest BCUT2D eigenvalue weighted by Gasteiger charge is -2.34. The largest absolute Gasteiger partial charge is 0.493 e. The van der Waals surface area contributed by atoms with E-state index in [1.54, 1.807) is 0 Å². The molecule has 0 aliphatic carbocycles. The number of anilines is 1. The van der Waals surface area contributed by atoms with Gasteiger partial charge >= 0.3 is 0 Å². The van der Waals surface area contributed by atoms with Gasteiger partial charge in [0.15, 0.2) is 0 Å². The first kappa shape index (κ1) is 18.6. The molecule has 0 aromatic heterocycles. The molecule has 0 N–H and O–H groups in total. The third-order valence-electron chi connectivity index (χ3n) is 4.92. The quantitative estimate of drug-likeness (QED) is 0.468. The van der Waals surface area contributed by atoms with Crippen molar-refractivity contribution in [3.63, 3.8) is 0 Å². The fourth-order valence-electron chi connectivity index (χ4n) is 3.79. The third-order valence-corrected chi connectivity index (χ3v) is 5.17. The molecule has 1 aliphatic rings. The minimum atomic E-state index is 0.00924. The summed E-state index contributed by atoms with van der Waals surface area (Å²) in [6.07, 6.45) is 2.36. The normalized spacial score (nSPS) is 19.0. The summed E-state index contributed by atoms with van der Waals surface area (Å²) in [7, 11) is 0. The van der Waals surface area contributed by atoms with Crippen LogP contribution in [0.4, 0.5) is 5.69 Å². The highest BCUT2D eigenvalue weighted by atomic mass is 35.5. The van der Waals surface area contributed by atoms with Gasteiger partial charge in [0, 0.05) is 10.7 Å². The Morgan fingerprint density at radius 1 is 0.786 bits per heavy atom. The fraction of sp³-hybridized carbons (Fsp3) is 0.200. The van der Waals surface area contributed by atoms with Crippen molar-refractivity contribution in [3.05, 3.63) is 113 Å². The number of benzene rings is 3. The summed E-state index contributed by atoms with van der Waals surface area (Å²) < 4.78 is 6.30. The van der Waals surface area contributed by atoms with Gasteiger partial charge in [0.2, 0.25) is 0 Å². The molecule has 3 heteroatoms. The molecule has 1 heterocycles. The van der Waals surface area contributed by atoms with Gasteiger partial charge in [0.1, 0.15) is 11.8 Å². The van der Waals surface area contributed by atoms with E-state index in [0.29, 0.717) is 0 Å². The summed E-state index contributed by atoms with van der Waals surface area (Å²) in [5.41, 5.74) is 3.56. The lowest BCUT2D eigenvalue weighted by molar-refractivity contribution is 0.136. The summed E-state index contributed by atoms with van der Waals surface area (Å²) >= 11 is 6.17. The summed E-state index contributed by atoms with van der Waals surface area (Å²) in [4.78, 5) is 2.42. The van der Waals surface area contributed by atoms with Crippen molar-refractivity contribution in [1.82, 2.24) is 0 Å². The molecule has 0 saturated carbocycles. The summed E-state index contributed by atoms with van der Waals surface area (Å²) in [5.74, 6) is 0.991. The van der Waals surface area contributed by atoms with Crippen LogP contribution in [-0.2, 0) is 4.74 Å². The number of hydrogen-bond acceptors (Lipinski definition) is 2. The second kappa shape index (κ2) is 8.12. The zero-order valence-electron chi connectivity index (χ0n) is 16.1. The highest BCUT2D eigenvalue weighted by molar-refractivity contribution is 6.30. The Balaban J connectivity index is 1.86. The number of ether oxygens (including phenoxy) is 1. The Labute approximate surface area is 172 Å². The van der Waals surface area contributed by atoms with Crippen LogP contribution in [0.3, 0.4) is 0 Å². The highest BCUT2D eigenvalue weighted by Gasteiger charge is 2.38. The molecule has 142 valence electrons. The van der Waals surface area contributed by atoms with Gasteiger partial charge in [-0.05, 0) is 55.3 Å². The number of hydrogen-bond donors (Lipinski definition) is 0. The van der Waals surface area contributed by atoms with Gasteiger partial charge in [-0.25, -0.2) is 0 Å². The molecule has 28 heavy (non-hydrogen) atoms. The Hall–Kier alpha value is -2.71. The third kappa shape index (κ3) is 3.79. The molecule has 0 radical (unpaired) electrons. The number of nitrogens with zero attached hydrogens (tertiary/aromatic N) is 1. The topological polar surface area (TPSA) is 12.5 Å². The number of halogens is 1. The molecule has 0 amide bonds. The first-order valence-corrected chi connectivity index (χ1v) is 10.0. The van der Waals surface area contributed by atoms with Crippen LogP contribution in [0.15, 0.2) is 96.8 Å². The highest BCUT2D eigenvalue weighted by Crippen LogP contribution is 2.47. The zero-order chi connectivity index (χ0) is 19.5. The van der Waals surface area contributed by atoms with E-state index >= 15 is 0 Å². The molecule has 0 spiro atoms. The molecule has 0 unspecified atom stereocenters. The van der Waals surface area contributed by atoms with Gasteiger partial charge in [0.25, 0.3) is 0 Å². The minimum Gasteiger partial charge on any atom is -0.493 e. The Bertz CT molecular complexity index is 935. The average Bonchev–Trinajstić information content (AvgIpc) is 3.08. The first-order chi connectivity index (χ1) is 13.6. The van der Waals surface area contributed by atoms with Crippen LogP contribution in [0.25, 0.3) is 0 Å². The standard InChI is InChI=1S/C25H24ClNO/c1-18(2)28-24-17-23(19-9-5-3-6-10-19)27(22-15-13-21(26)14-16-22)25(24)20-11-7-4-8-12-20/h3-18,23,25H,1-2H3/t23-,25+/m0/s1. The number of rotatable bonds is 5. The predicted octanol–water partition coefficient (Wildman–Crippen LogP) is 6.95. The van der Waals surface area contributed by atoms with Gasteiger partial charge in [-0.2, -0.15) is 0 Å². The van der Waals surface area contributed by atoms with Gasteiger partial charge in [0.05, 0.1) is 12.1 Å². The van der Waals surface area contributed by atoms with Crippen LogP contribution in [0.1, 0.15) is 37.1 Å². The van der Waals surface area contributed by atoms with E-state index in [1.807, 2.05) is 18.2 Å². The van der Waals surface area contributed by atoms with Crippen LogP contribution < -0.4 is 4.90 Å². The van der Waals surface area contributed by atoms with E-state index in [0.717, 1.165) is 16.5 Å². The molecule has 0 saturated heterocycles. The molecule has 3 aromatic rings. The lowest BCUT2D eigenvalue weighted by atomic mass is 10.0. The van der Waals surface area contributed by atoms with Crippen LogP contribution in [-0.4, -0.2) is 6.10 Å². The van der Waals surface area contributed by atoms with Crippen LogP contribution in [0.2, 0.25) is 5.02 Å². The van der Waals surface area contributed by atoms with E-state index < -0.39 is 0 Å². The van der Waals surface area contributed by atoms with E-state index in [-0.39, 0.29) is 18.2 Å². The first-order valence-electron chi connectivity index (χ1n) is 9.65. The van der Waals surface area contributed by atoms with E-state index in [1.165, 1.54) is 11.1 Å². The zero-order valence-corrected chi connectivity index (χ0v) is 16.9. The lowest BCUT2D eigenvalue weighted by Crippen LogP contribution is -2.28. The van der Waals surface area contributed by atoms with Gasteiger partial charge in [-0.15, -0.1) is 0 Å². The van der Waals surface area contributed by atoms with Crippen molar-refractivity contribution in [1.29, 1.82) is 0 Å². The van der Waals surface area contributed by atoms with E-state index in [2.05, 4.69) is 91.6 Å². The predicted molar refractivity (Wildman–Crippen MR) is 117 cm³/mol. The molecular formula is C25H24ClNO. The second-order valence-corrected chi connectivity index (χ2v) is 7.72. The maximum atomic E-state index is 6.30. The van der Waals surface area contributed by atoms with Crippen molar-refractivity contribution in [2.75, 3.05) is 4.90 Å². The van der Waals surface area contributed by atoms with Crippen LogP contribution in [0, 0.1) is 0 Å². The van der Waals surface area contributed by atoms with Crippen LogP contribution >= 0.6 is 11.6 Å². The fourth-order valence-corrected chi connectivity index (χ4v) is 3.92. The van der Waals surface area contributed by atoms with Crippen molar-refractivity contribution in [2.24, 2.45) is 0 Å². The molecule has 0 bridgehead atoms. The molecule has 0 fully saturated rings. The Morgan fingerprint density at radius 3 is 1.93 bits per heavy atom.